The van der Waals surface area contributed by atoms with Crippen molar-refractivity contribution >= 4 is 17.2 Å². The quantitative estimate of drug-likeness (QED) is 0.465. The summed E-state index contributed by atoms with van der Waals surface area (Å²) < 4.78 is 5.67. The molecule has 1 aromatic carbocycles. The molecule has 1 amide bonds. The molecule has 6 heteroatoms. The Morgan fingerprint density at radius 3 is 3.00 bits per heavy atom. The molecule has 112 valence electrons. The third-order valence-electron chi connectivity index (χ3n) is 3.00. The number of carbonyl (C=O) groups excluding carboxylic acids is 1. The van der Waals surface area contributed by atoms with Gasteiger partial charge in [-0.1, -0.05) is 6.07 Å². The predicted octanol–water partition coefficient (Wildman–Crippen LogP) is 1.86. The smallest absolute Gasteiger partial charge is 0.265 e. The fraction of sp³-hybridized carbons (Fsp3) is 0.267. The van der Waals surface area contributed by atoms with Gasteiger partial charge in [0, 0.05) is 18.7 Å². The van der Waals surface area contributed by atoms with Gasteiger partial charge in [0.25, 0.3) is 5.91 Å². The third kappa shape index (κ3) is 4.86. The van der Waals surface area contributed by atoms with Gasteiger partial charge < -0.3 is 4.74 Å². The highest BCUT2D eigenvalue weighted by Crippen LogP contribution is 2.13. The Bertz CT molecular complexity index is 572. The first-order chi connectivity index (χ1) is 10.2. The van der Waals surface area contributed by atoms with E-state index >= 15 is 0 Å². The van der Waals surface area contributed by atoms with E-state index in [1.807, 2.05) is 6.07 Å². The van der Waals surface area contributed by atoms with Crippen LogP contribution >= 0.6 is 11.3 Å². The number of ether oxygens (including phenoxy) is 1. The summed E-state index contributed by atoms with van der Waals surface area (Å²) >= 11 is 1.70. The highest BCUT2D eigenvalue weighted by molar-refractivity contribution is 7.07. The maximum Gasteiger partial charge on any atom is 0.265 e. The maximum atomic E-state index is 11.4. The number of nitrogen functional groups attached to an aromatic ring is 1. The molecule has 0 saturated carbocycles. The number of amides is 1. The van der Waals surface area contributed by atoms with Crippen LogP contribution in [0, 0.1) is 0 Å². The van der Waals surface area contributed by atoms with Gasteiger partial charge in [0.2, 0.25) is 0 Å². The molecule has 0 spiro atoms. The van der Waals surface area contributed by atoms with Crippen LogP contribution in [0.1, 0.15) is 15.9 Å². The number of nitrogens with one attached hydrogen (secondary N) is 1. The summed E-state index contributed by atoms with van der Waals surface area (Å²) in [6.45, 7) is 2.28. The zero-order valence-electron chi connectivity index (χ0n) is 11.9. The minimum absolute atomic E-state index is 0.324. The van der Waals surface area contributed by atoms with Crippen molar-refractivity contribution in [3.05, 3.63) is 52.2 Å². The fourth-order valence-electron chi connectivity index (χ4n) is 1.90. The number of nitrogens with two attached hydrogens (primary N) is 1. The summed E-state index contributed by atoms with van der Waals surface area (Å²) in [4.78, 5) is 13.6. The zero-order chi connectivity index (χ0) is 15.1. The average molecular weight is 305 g/mol. The van der Waals surface area contributed by atoms with Crippen LogP contribution < -0.4 is 16.0 Å². The molecule has 0 saturated heterocycles. The van der Waals surface area contributed by atoms with E-state index in [1.165, 1.54) is 5.56 Å². The lowest BCUT2D eigenvalue weighted by molar-refractivity contribution is 0.0953. The normalized spacial score (nSPS) is 10.6. The summed E-state index contributed by atoms with van der Waals surface area (Å²) in [5.74, 6) is 5.45. The van der Waals surface area contributed by atoms with Crippen LogP contribution in [0.2, 0.25) is 0 Å². The number of benzene rings is 1. The summed E-state index contributed by atoms with van der Waals surface area (Å²) in [5.41, 5.74) is 3.90. The molecule has 0 aliphatic heterocycles. The number of rotatable bonds is 7. The minimum Gasteiger partial charge on any atom is -0.492 e. The van der Waals surface area contributed by atoms with E-state index in [1.54, 1.807) is 29.5 Å². The molecule has 0 radical (unpaired) electrons. The highest BCUT2D eigenvalue weighted by Gasteiger charge is 2.05. The van der Waals surface area contributed by atoms with Crippen LogP contribution in [-0.4, -0.2) is 31.0 Å². The topological polar surface area (TPSA) is 67.6 Å². The summed E-state index contributed by atoms with van der Waals surface area (Å²) in [6, 6.07) is 9.09. The molecule has 0 aliphatic rings. The largest absolute Gasteiger partial charge is 0.492 e. The number of likely N-dealkylation sites (N-methyl/N-ethyl adjacent to an activating group) is 1. The first-order valence-electron chi connectivity index (χ1n) is 6.62. The lowest BCUT2D eigenvalue weighted by Crippen LogP contribution is -2.30. The molecule has 0 atom stereocenters. The van der Waals surface area contributed by atoms with Gasteiger partial charge in [-0.25, -0.2) is 5.84 Å². The summed E-state index contributed by atoms with van der Waals surface area (Å²) in [7, 11) is 2.05. The molecule has 0 bridgehead atoms. The molecule has 2 rings (SSSR count). The Balaban J connectivity index is 1.79. The van der Waals surface area contributed by atoms with Crippen LogP contribution in [0.15, 0.2) is 41.1 Å². The number of hydrazine groups is 1. The van der Waals surface area contributed by atoms with Gasteiger partial charge in [0.15, 0.2) is 0 Å². The van der Waals surface area contributed by atoms with E-state index in [0.29, 0.717) is 17.9 Å². The van der Waals surface area contributed by atoms with E-state index in [9.17, 15) is 4.79 Å². The van der Waals surface area contributed by atoms with Crippen molar-refractivity contribution in [3.63, 3.8) is 0 Å². The van der Waals surface area contributed by atoms with Gasteiger partial charge in [-0.05, 0) is 47.6 Å². The molecule has 1 aromatic heterocycles. The van der Waals surface area contributed by atoms with E-state index < -0.39 is 0 Å². The molecule has 1 heterocycles. The Morgan fingerprint density at radius 2 is 2.29 bits per heavy atom. The maximum absolute atomic E-state index is 11.4. The van der Waals surface area contributed by atoms with Crippen molar-refractivity contribution in [1.29, 1.82) is 0 Å². The van der Waals surface area contributed by atoms with Crippen molar-refractivity contribution in [2.45, 2.75) is 6.54 Å². The van der Waals surface area contributed by atoms with Gasteiger partial charge in [0.1, 0.15) is 12.4 Å². The second-order valence-corrected chi connectivity index (χ2v) is 5.50. The van der Waals surface area contributed by atoms with Crippen molar-refractivity contribution in [1.82, 2.24) is 10.3 Å². The highest BCUT2D eigenvalue weighted by atomic mass is 32.1. The number of thiophene rings is 1. The first-order valence-corrected chi connectivity index (χ1v) is 7.57. The van der Waals surface area contributed by atoms with Crippen LogP contribution in [0.5, 0.6) is 5.75 Å². The van der Waals surface area contributed by atoms with E-state index in [2.05, 4.69) is 34.2 Å². The second kappa shape index (κ2) is 7.78. The average Bonchev–Trinajstić information content (AvgIpc) is 2.99. The van der Waals surface area contributed by atoms with Gasteiger partial charge >= 0.3 is 0 Å². The van der Waals surface area contributed by atoms with E-state index in [4.69, 9.17) is 10.6 Å². The standard InChI is InChI=1S/C15H19N3O2S/c1-18(10-12-5-8-21-11-12)6-7-20-14-4-2-3-13(9-14)15(19)17-16/h2-5,8-9,11H,6-7,10,16H2,1H3,(H,17,19). The zero-order valence-corrected chi connectivity index (χ0v) is 12.7. The fourth-order valence-corrected chi connectivity index (χ4v) is 2.56. The molecule has 0 unspecified atom stereocenters. The molecule has 21 heavy (non-hydrogen) atoms. The molecule has 5 nitrogen and oxygen atoms in total. The van der Waals surface area contributed by atoms with Gasteiger partial charge in [-0.15, -0.1) is 0 Å². The van der Waals surface area contributed by atoms with Crippen LogP contribution in [0.4, 0.5) is 0 Å². The van der Waals surface area contributed by atoms with Crippen molar-refractivity contribution in [2.24, 2.45) is 5.84 Å². The summed E-state index contributed by atoms with van der Waals surface area (Å²) in [5, 5.41) is 4.22. The van der Waals surface area contributed by atoms with Crippen molar-refractivity contribution in [3.8, 4) is 5.75 Å². The lowest BCUT2D eigenvalue weighted by Gasteiger charge is -2.16. The predicted molar refractivity (Wildman–Crippen MR) is 84.2 cm³/mol. The monoisotopic (exact) mass is 305 g/mol. The second-order valence-electron chi connectivity index (χ2n) is 4.72. The Hall–Kier alpha value is -1.89. The Morgan fingerprint density at radius 1 is 1.43 bits per heavy atom. The summed E-state index contributed by atoms with van der Waals surface area (Å²) in [6.07, 6.45) is 0. The molecule has 0 fully saturated rings. The molecule has 3 N–H and O–H groups in total. The van der Waals surface area contributed by atoms with E-state index in [-0.39, 0.29) is 5.91 Å². The van der Waals surface area contributed by atoms with Crippen molar-refractivity contribution < 1.29 is 9.53 Å². The molecular formula is C15H19N3O2S. The number of hydrogen-bond donors (Lipinski definition) is 2. The number of hydrogen-bond acceptors (Lipinski definition) is 5. The van der Waals surface area contributed by atoms with Gasteiger partial charge in [-0.3, -0.25) is 15.1 Å². The Kier molecular flexibility index (Phi) is 5.74. The van der Waals surface area contributed by atoms with Crippen LogP contribution in [0.25, 0.3) is 0 Å². The molecule has 2 aromatic rings. The molecular weight excluding hydrogens is 286 g/mol. The van der Waals surface area contributed by atoms with Crippen LogP contribution in [0.3, 0.4) is 0 Å². The number of carbonyl (C=O) groups is 1. The lowest BCUT2D eigenvalue weighted by atomic mass is 10.2. The Labute approximate surface area is 128 Å². The van der Waals surface area contributed by atoms with Gasteiger partial charge in [0.05, 0.1) is 0 Å². The molecule has 0 aliphatic carbocycles. The minimum atomic E-state index is -0.324. The van der Waals surface area contributed by atoms with Gasteiger partial charge in [-0.2, -0.15) is 11.3 Å². The first kappa shape index (κ1) is 15.5. The number of nitrogens with zero attached hydrogens (tertiary/aromatic N) is 1. The van der Waals surface area contributed by atoms with Crippen LogP contribution in [-0.2, 0) is 6.54 Å². The SMILES string of the molecule is CN(CCOc1cccc(C(=O)NN)c1)Cc1ccsc1. The van der Waals surface area contributed by atoms with Crippen molar-refractivity contribution in [2.75, 3.05) is 20.2 Å². The third-order valence-corrected chi connectivity index (χ3v) is 3.73. The van der Waals surface area contributed by atoms with E-state index in [0.717, 1.165) is 13.1 Å².